The van der Waals surface area contributed by atoms with Gasteiger partial charge < -0.3 is 15.2 Å². The normalized spacial score (nSPS) is 10.4. The third-order valence-electron chi connectivity index (χ3n) is 2.69. The van der Waals surface area contributed by atoms with E-state index in [4.69, 9.17) is 4.74 Å². The number of benzene rings is 2. The van der Waals surface area contributed by atoms with Crippen molar-refractivity contribution in [3.05, 3.63) is 59.4 Å². The molecule has 0 spiro atoms. The van der Waals surface area contributed by atoms with Gasteiger partial charge in [0.25, 0.3) is 0 Å². The van der Waals surface area contributed by atoms with Crippen LogP contribution in [0.1, 0.15) is 11.1 Å². The minimum Gasteiger partial charge on any atom is -0.508 e. The molecule has 0 bridgehead atoms. The summed E-state index contributed by atoms with van der Waals surface area (Å²) in [4.78, 5) is 0. The van der Waals surface area contributed by atoms with E-state index in [1.165, 1.54) is 12.1 Å². The molecule has 2 aromatic carbocycles. The van der Waals surface area contributed by atoms with E-state index in [9.17, 15) is 9.50 Å². The molecule has 4 heteroatoms. The quantitative estimate of drug-likeness (QED) is 0.869. The van der Waals surface area contributed by atoms with Crippen molar-refractivity contribution >= 4 is 0 Å². The molecule has 3 nitrogen and oxygen atoms in total. The van der Waals surface area contributed by atoms with Crippen LogP contribution in [0.4, 0.5) is 4.39 Å². The first-order valence-electron chi connectivity index (χ1n) is 6.03. The summed E-state index contributed by atoms with van der Waals surface area (Å²) < 4.78 is 18.8. The molecule has 100 valence electrons. The molecule has 0 radical (unpaired) electrons. The molecule has 0 aromatic heterocycles. The van der Waals surface area contributed by atoms with Gasteiger partial charge in [-0.15, -0.1) is 0 Å². The second kappa shape index (κ2) is 6.20. The number of phenolic OH excluding ortho intramolecular Hbond substituents is 1. The molecule has 0 atom stereocenters. The first kappa shape index (κ1) is 13.4. The number of hydrogen-bond donors (Lipinski definition) is 2. The Morgan fingerprint density at radius 2 is 2.05 bits per heavy atom. The Morgan fingerprint density at radius 1 is 1.21 bits per heavy atom. The maximum absolute atomic E-state index is 13.2. The summed E-state index contributed by atoms with van der Waals surface area (Å²) in [7, 11) is 1.80. The van der Waals surface area contributed by atoms with Crippen LogP contribution in [-0.4, -0.2) is 12.2 Å². The summed E-state index contributed by atoms with van der Waals surface area (Å²) in [5.41, 5.74) is 1.63. The van der Waals surface area contributed by atoms with Crippen molar-refractivity contribution in [1.82, 2.24) is 5.32 Å². The van der Waals surface area contributed by atoms with Crippen LogP contribution in [0.3, 0.4) is 0 Å². The molecule has 0 unspecified atom stereocenters. The minimum absolute atomic E-state index is 0.204. The predicted octanol–water partition coefficient (Wildman–Crippen LogP) is 2.83. The highest BCUT2D eigenvalue weighted by atomic mass is 19.1. The van der Waals surface area contributed by atoms with Gasteiger partial charge in [-0.2, -0.15) is 0 Å². The summed E-state index contributed by atoms with van der Waals surface area (Å²) in [5.74, 6) is 0.560. The van der Waals surface area contributed by atoms with Gasteiger partial charge >= 0.3 is 0 Å². The van der Waals surface area contributed by atoms with Crippen LogP contribution in [0, 0.1) is 5.82 Å². The molecule has 2 rings (SSSR count). The Bertz CT molecular complexity index is 558. The van der Waals surface area contributed by atoms with Gasteiger partial charge in [0.05, 0.1) is 0 Å². The Labute approximate surface area is 111 Å². The standard InChI is InChI=1S/C15H16FNO2/c1-17-9-12-8-13(16)5-6-15(12)19-10-11-3-2-4-14(18)7-11/h2-8,17-18H,9-10H2,1H3. The molecular formula is C15H16FNO2. The molecule has 0 aliphatic rings. The zero-order chi connectivity index (χ0) is 13.7. The number of phenols is 1. The van der Waals surface area contributed by atoms with E-state index in [1.54, 1.807) is 31.3 Å². The average Bonchev–Trinajstić information content (AvgIpc) is 2.38. The maximum Gasteiger partial charge on any atom is 0.124 e. The highest BCUT2D eigenvalue weighted by molar-refractivity contribution is 5.34. The lowest BCUT2D eigenvalue weighted by atomic mass is 10.2. The first-order chi connectivity index (χ1) is 9.19. The summed E-state index contributed by atoms with van der Waals surface area (Å²) in [5, 5.41) is 12.3. The van der Waals surface area contributed by atoms with Crippen LogP contribution < -0.4 is 10.1 Å². The van der Waals surface area contributed by atoms with Gasteiger partial charge in [-0.1, -0.05) is 12.1 Å². The molecular weight excluding hydrogens is 245 g/mol. The Balaban J connectivity index is 2.10. The van der Waals surface area contributed by atoms with Gasteiger partial charge in [0.2, 0.25) is 0 Å². The number of ether oxygens (including phenoxy) is 1. The van der Waals surface area contributed by atoms with E-state index in [0.717, 1.165) is 11.1 Å². The van der Waals surface area contributed by atoms with E-state index in [-0.39, 0.29) is 11.6 Å². The summed E-state index contributed by atoms with van der Waals surface area (Å²) in [6.07, 6.45) is 0. The van der Waals surface area contributed by atoms with Crippen molar-refractivity contribution in [1.29, 1.82) is 0 Å². The van der Waals surface area contributed by atoms with Gasteiger partial charge in [-0.25, -0.2) is 4.39 Å². The smallest absolute Gasteiger partial charge is 0.124 e. The van der Waals surface area contributed by atoms with Crippen molar-refractivity contribution < 1.29 is 14.2 Å². The van der Waals surface area contributed by atoms with Crippen molar-refractivity contribution in [2.45, 2.75) is 13.2 Å². The van der Waals surface area contributed by atoms with Crippen LogP contribution >= 0.6 is 0 Å². The molecule has 0 saturated heterocycles. The monoisotopic (exact) mass is 261 g/mol. The van der Waals surface area contributed by atoms with Crippen LogP contribution in [0.25, 0.3) is 0 Å². The number of hydrogen-bond acceptors (Lipinski definition) is 3. The second-order valence-electron chi connectivity index (χ2n) is 4.24. The van der Waals surface area contributed by atoms with E-state index in [1.807, 2.05) is 6.07 Å². The summed E-state index contributed by atoms with van der Waals surface area (Å²) in [6.45, 7) is 0.865. The Morgan fingerprint density at radius 3 is 2.79 bits per heavy atom. The molecule has 0 aliphatic carbocycles. The molecule has 0 heterocycles. The highest BCUT2D eigenvalue weighted by Crippen LogP contribution is 2.21. The van der Waals surface area contributed by atoms with Gasteiger partial charge in [0.1, 0.15) is 23.9 Å². The predicted molar refractivity (Wildman–Crippen MR) is 71.6 cm³/mol. The summed E-state index contributed by atoms with van der Waals surface area (Å²) >= 11 is 0. The zero-order valence-electron chi connectivity index (χ0n) is 10.7. The van der Waals surface area contributed by atoms with Crippen molar-refractivity contribution in [3.8, 4) is 11.5 Å². The number of aromatic hydroxyl groups is 1. The molecule has 0 fully saturated rings. The molecule has 0 aliphatic heterocycles. The van der Waals surface area contributed by atoms with Gasteiger partial charge in [0, 0.05) is 12.1 Å². The van der Waals surface area contributed by atoms with Crippen LogP contribution in [0.5, 0.6) is 11.5 Å². The fourth-order valence-electron chi connectivity index (χ4n) is 1.82. The third kappa shape index (κ3) is 3.69. The van der Waals surface area contributed by atoms with Crippen LogP contribution in [0.15, 0.2) is 42.5 Å². The lowest BCUT2D eigenvalue weighted by Crippen LogP contribution is -2.08. The van der Waals surface area contributed by atoms with Gasteiger partial charge in [-0.05, 0) is 42.9 Å². The maximum atomic E-state index is 13.2. The van der Waals surface area contributed by atoms with E-state index < -0.39 is 0 Å². The molecule has 2 N–H and O–H groups in total. The highest BCUT2D eigenvalue weighted by Gasteiger charge is 2.05. The number of halogens is 1. The lowest BCUT2D eigenvalue weighted by Gasteiger charge is -2.11. The molecule has 19 heavy (non-hydrogen) atoms. The van der Waals surface area contributed by atoms with Crippen molar-refractivity contribution in [2.75, 3.05) is 7.05 Å². The Kier molecular flexibility index (Phi) is 4.36. The van der Waals surface area contributed by atoms with Crippen LogP contribution in [-0.2, 0) is 13.2 Å². The molecule has 2 aromatic rings. The molecule has 0 saturated carbocycles. The zero-order valence-corrected chi connectivity index (χ0v) is 10.7. The SMILES string of the molecule is CNCc1cc(F)ccc1OCc1cccc(O)c1. The Hall–Kier alpha value is -2.07. The van der Waals surface area contributed by atoms with Crippen LogP contribution in [0.2, 0.25) is 0 Å². The largest absolute Gasteiger partial charge is 0.508 e. The number of rotatable bonds is 5. The minimum atomic E-state index is -0.282. The van der Waals surface area contributed by atoms with Gasteiger partial charge in [0.15, 0.2) is 0 Å². The average molecular weight is 261 g/mol. The first-order valence-corrected chi connectivity index (χ1v) is 6.03. The molecule has 0 amide bonds. The van der Waals surface area contributed by atoms with Crippen molar-refractivity contribution in [2.24, 2.45) is 0 Å². The van der Waals surface area contributed by atoms with Gasteiger partial charge in [-0.3, -0.25) is 0 Å². The number of nitrogens with one attached hydrogen (secondary N) is 1. The topological polar surface area (TPSA) is 41.5 Å². The lowest BCUT2D eigenvalue weighted by molar-refractivity contribution is 0.301. The second-order valence-corrected chi connectivity index (χ2v) is 4.24. The van der Waals surface area contributed by atoms with E-state index in [0.29, 0.717) is 18.9 Å². The van der Waals surface area contributed by atoms with Crippen molar-refractivity contribution in [3.63, 3.8) is 0 Å². The fourth-order valence-corrected chi connectivity index (χ4v) is 1.82. The fraction of sp³-hybridized carbons (Fsp3) is 0.200. The summed E-state index contributed by atoms with van der Waals surface area (Å²) in [6, 6.07) is 11.3. The third-order valence-corrected chi connectivity index (χ3v) is 2.69. The van der Waals surface area contributed by atoms with E-state index >= 15 is 0 Å². The van der Waals surface area contributed by atoms with E-state index in [2.05, 4.69) is 5.32 Å².